The minimum absolute atomic E-state index is 0.0388. The van der Waals surface area contributed by atoms with E-state index < -0.39 is 0 Å². The van der Waals surface area contributed by atoms with Crippen LogP contribution in [-0.4, -0.2) is 19.4 Å². The van der Waals surface area contributed by atoms with E-state index in [0.717, 1.165) is 31.6 Å². The molecule has 0 bridgehead atoms. The predicted octanol–water partition coefficient (Wildman–Crippen LogP) is 3.02. The lowest BCUT2D eigenvalue weighted by Gasteiger charge is -2.40. The first-order valence-electron chi connectivity index (χ1n) is 6.87. The van der Waals surface area contributed by atoms with Gasteiger partial charge in [-0.25, -0.2) is 0 Å². The highest BCUT2D eigenvalue weighted by molar-refractivity contribution is 5.29. The van der Waals surface area contributed by atoms with Crippen LogP contribution in [0.5, 0.6) is 5.75 Å². The first-order valence-corrected chi connectivity index (χ1v) is 6.87. The summed E-state index contributed by atoms with van der Waals surface area (Å²) in [6.45, 7) is 0.865. The van der Waals surface area contributed by atoms with Gasteiger partial charge in [-0.1, -0.05) is 12.1 Å². The van der Waals surface area contributed by atoms with Crippen LogP contribution in [-0.2, 0) is 4.74 Å². The highest BCUT2D eigenvalue weighted by Gasteiger charge is 2.39. The van der Waals surface area contributed by atoms with Gasteiger partial charge in [0.1, 0.15) is 11.5 Å². The second-order valence-electron chi connectivity index (χ2n) is 5.31. The molecule has 1 aliphatic carbocycles. The Morgan fingerprint density at radius 3 is 2.61 bits per heavy atom. The number of ether oxygens (including phenoxy) is 2. The van der Waals surface area contributed by atoms with E-state index in [1.165, 1.54) is 18.4 Å². The zero-order chi connectivity index (χ0) is 12.4. The highest BCUT2D eigenvalue weighted by atomic mass is 16.5. The van der Waals surface area contributed by atoms with E-state index in [2.05, 4.69) is 17.4 Å². The van der Waals surface area contributed by atoms with E-state index in [1.807, 2.05) is 12.1 Å². The lowest BCUT2D eigenvalue weighted by atomic mass is 9.99. The first kappa shape index (κ1) is 12.0. The lowest BCUT2D eigenvalue weighted by molar-refractivity contribution is -0.106. The van der Waals surface area contributed by atoms with E-state index in [4.69, 9.17) is 9.47 Å². The van der Waals surface area contributed by atoms with Gasteiger partial charge in [0.05, 0.1) is 13.7 Å². The lowest BCUT2D eigenvalue weighted by Crippen LogP contribution is -2.51. The molecule has 3 heteroatoms. The number of nitrogens with one attached hydrogen (secondary N) is 1. The third-order valence-corrected chi connectivity index (χ3v) is 4.15. The SMILES string of the molecule is COc1ccc(C2CCOC3(CCCC3)N2)cc1. The van der Waals surface area contributed by atoms with E-state index in [0.29, 0.717) is 6.04 Å². The average Bonchev–Trinajstić information content (AvgIpc) is 2.87. The quantitative estimate of drug-likeness (QED) is 0.871. The van der Waals surface area contributed by atoms with Crippen molar-refractivity contribution in [1.82, 2.24) is 5.32 Å². The van der Waals surface area contributed by atoms with Crippen LogP contribution in [0.25, 0.3) is 0 Å². The molecular formula is C15H21NO2. The van der Waals surface area contributed by atoms with Crippen LogP contribution in [0.1, 0.15) is 43.7 Å². The van der Waals surface area contributed by atoms with Crippen molar-refractivity contribution in [2.75, 3.05) is 13.7 Å². The summed E-state index contributed by atoms with van der Waals surface area (Å²) >= 11 is 0. The predicted molar refractivity (Wildman–Crippen MR) is 70.6 cm³/mol. The van der Waals surface area contributed by atoms with E-state index in [1.54, 1.807) is 7.11 Å². The normalized spacial score (nSPS) is 26.4. The van der Waals surface area contributed by atoms with Crippen LogP contribution in [0.3, 0.4) is 0 Å². The Balaban J connectivity index is 1.74. The Kier molecular flexibility index (Phi) is 3.27. The summed E-state index contributed by atoms with van der Waals surface area (Å²) in [6, 6.07) is 8.80. The van der Waals surface area contributed by atoms with Gasteiger partial charge in [-0.2, -0.15) is 0 Å². The number of hydrogen-bond donors (Lipinski definition) is 1. The molecule has 2 aliphatic rings. The topological polar surface area (TPSA) is 30.5 Å². The minimum atomic E-state index is -0.0388. The van der Waals surface area contributed by atoms with Crippen molar-refractivity contribution in [3.05, 3.63) is 29.8 Å². The summed E-state index contributed by atoms with van der Waals surface area (Å²) in [7, 11) is 1.70. The molecular weight excluding hydrogens is 226 g/mol. The molecule has 1 unspecified atom stereocenters. The molecule has 0 aromatic heterocycles. The van der Waals surface area contributed by atoms with Crippen LogP contribution in [0.2, 0.25) is 0 Å². The maximum absolute atomic E-state index is 5.99. The van der Waals surface area contributed by atoms with E-state index in [9.17, 15) is 0 Å². The van der Waals surface area contributed by atoms with Crippen molar-refractivity contribution in [3.8, 4) is 5.75 Å². The number of methoxy groups -OCH3 is 1. The second kappa shape index (κ2) is 4.90. The van der Waals surface area contributed by atoms with Gasteiger partial charge < -0.3 is 9.47 Å². The molecule has 1 heterocycles. The largest absolute Gasteiger partial charge is 0.497 e. The second-order valence-corrected chi connectivity index (χ2v) is 5.31. The van der Waals surface area contributed by atoms with Crippen molar-refractivity contribution >= 4 is 0 Å². The van der Waals surface area contributed by atoms with Gasteiger partial charge in [-0.05, 0) is 49.8 Å². The van der Waals surface area contributed by atoms with Crippen molar-refractivity contribution in [2.24, 2.45) is 0 Å². The summed E-state index contributed by atoms with van der Waals surface area (Å²) in [6.07, 6.45) is 5.91. The molecule has 1 atom stereocenters. The van der Waals surface area contributed by atoms with Crippen molar-refractivity contribution in [1.29, 1.82) is 0 Å². The fourth-order valence-electron chi connectivity index (χ4n) is 3.12. The smallest absolute Gasteiger partial charge is 0.119 e. The molecule has 0 amide bonds. The van der Waals surface area contributed by atoms with Gasteiger partial charge in [0.15, 0.2) is 0 Å². The summed E-state index contributed by atoms with van der Waals surface area (Å²) < 4.78 is 11.2. The van der Waals surface area contributed by atoms with E-state index >= 15 is 0 Å². The Hall–Kier alpha value is -1.06. The molecule has 1 aromatic carbocycles. The summed E-state index contributed by atoms with van der Waals surface area (Å²) in [5.41, 5.74) is 1.30. The molecule has 98 valence electrons. The Bertz CT molecular complexity index is 395. The Morgan fingerprint density at radius 2 is 1.94 bits per heavy atom. The fourth-order valence-corrected chi connectivity index (χ4v) is 3.12. The molecule has 0 radical (unpaired) electrons. The monoisotopic (exact) mass is 247 g/mol. The van der Waals surface area contributed by atoms with Gasteiger partial charge in [0.25, 0.3) is 0 Å². The summed E-state index contributed by atoms with van der Waals surface area (Å²) in [5.74, 6) is 0.918. The van der Waals surface area contributed by atoms with Crippen LogP contribution in [0.4, 0.5) is 0 Å². The average molecular weight is 247 g/mol. The molecule has 1 aromatic rings. The fraction of sp³-hybridized carbons (Fsp3) is 0.600. The molecule has 1 saturated heterocycles. The molecule has 1 N–H and O–H groups in total. The molecule has 1 spiro atoms. The van der Waals surface area contributed by atoms with Gasteiger partial charge >= 0.3 is 0 Å². The minimum Gasteiger partial charge on any atom is -0.497 e. The van der Waals surface area contributed by atoms with Crippen molar-refractivity contribution < 1.29 is 9.47 Å². The van der Waals surface area contributed by atoms with Gasteiger partial charge in [0.2, 0.25) is 0 Å². The van der Waals surface area contributed by atoms with Crippen LogP contribution in [0.15, 0.2) is 24.3 Å². The Morgan fingerprint density at radius 1 is 1.22 bits per heavy atom. The van der Waals surface area contributed by atoms with Crippen molar-refractivity contribution in [3.63, 3.8) is 0 Å². The molecule has 3 rings (SSSR count). The molecule has 1 aliphatic heterocycles. The van der Waals surface area contributed by atoms with Gasteiger partial charge in [0, 0.05) is 6.04 Å². The zero-order valence-corrected chi connectivity index (χ0v) is 10.9. The molecule has 2 fully saturated rings. The number of rotatable bonds is 2. The number of hydrogen-bond acceptors (Lipinski definition) is 3. The van der Waals surface area contributed by atoms with Gasteiger partial charge in [-0.15, -0.1) is 0 Å². The third-order valence-electron chi connectivity index (χ3n) is 4.15. The molecule has 1 saturated carbocycles. The Labute approximate surface area is 108 Å². The van der Waals surface area contributed by atoms with E-state index in [-0.39, 0.29) is 5.72 Å². The standard InChI is InChI=1S/C15H21NO2/c1-17-13-6-4-12(5-7-13)14-8-11-18-15(16-14)9-2-3-10-15/h4-7,14,16H,2-3,8-11H2,1H3. The molecule has 3 nitrogen and oxygen atoms in total. The molecule has 18 heavy (non-hydrogen) atoms. The third kappa shape index (κ3) is 2.25. The summed E-state index contributed by atoms with van der Waals surface area (Å²) in [5, 5.41) is 3.72. The highest BCUT2D eigenvalue weighted by Crippen LogP contribution is 2.37. The first-order chi connectivity index (χ1) is 8.81. The number of benzene rings is 1. The maximum atomic E-state index is 5.99. The van der Waals surface area contributed by atoms with Crippen LogP contribution < -0.4 is 10.1 Å². The van der Waals surface area contributed by atoms with Crippen molar-refractivity contribution in [2.45, 2.75) is 43.9 Å². The zero-order valence-electron chi connectivity index (χ0n) is 10.9. The van der Waals surface area contributed by atoms with Crippen LogP contribution >= 0.6 is 0 Å². The van der Waals surface area contributed by atoms with Crippen LogP contribution in [0, 0.1) is 0 Å². The maximum Gasteiger partial charge on any atom is 0.119 e. The van der Waals surface area contributed by atoms with Gasteiger partial charge in [-0.3, -0.25) is 5.32 Å². The summed E-state index contributed by atoms with van der Waals surface area (Å²) in [4.78, 5) is 0.